The van der Waals surface area contributed by atoms with Gasteiger partial charge in [-0.2, -0.15) is 5.26 Å². The average molecular weight is 411 g/mol. The SMILES string of the molecule is N#Cc1ccc(NCc2cccc([N+](=O)[O-])c2Br)c(Br)c1. The second-order valence-electron chi connectivity index (χ2n) is 4.17. The van der Waals surface area contributed by atoms with Crippen molar-refractivity contribution in [3.63, 3.8) is 0 Å². The molecule has 0 atom stereocenters. The summed E-state index contributed by atoms with van der Waals surface area (Å²) in [6.45, 7) is 0.423. The van der Waals surface area contributed by atoms with Crippen molar-refractivity contribution in [2.45, 2.75) is 6.54 Å². The fraction of sp³-hybridized carbons (Fsp3) is 0.0714. The lowest BCUT2D eigenvalue weighted by Crippen LogP contribution is -2.02. The molecule has 0 aliphatic rings. The molecule has 0 aliphatic heterocycles. The van der Waals surface area contributed by atoms with Crippen LogP contribution in [-0.2, 0) is 6.54 Å². The van der Waals surface area contributed by atoms with Gasteiger partial charge in [0.1, 0.15) is 4.47 Å². The Hall–Kier alpha value is -1.91. The van der Waals surface area contributed by atoms with Crippen molar-refractivity contribution < 1.29 is 4.92 Å². The number of nitro benzene ring substituents is 1. The molecule has 2 aromatic carbocycles. The van der Waals surface area contributed by atoms with Gasteiger partial charge in [-0.25, -0.2) is 0 Å². The third kappa shape index (κ3) is 3.60. The van der Waals surface area contributed by atoms with Crippen molar-refractivity contribution in [1.82, 2.24) is 0 Å². The summed E-state index contributed by atoms with van der Waals surface area (Å²) >= 11 is 6.64. The Balaban J connectivity index is 2.19. The number of halogens is 2. The number of anilines is 1. The van der Waals surface area contributed by atoms with Crippen LogP contribution < -0.4 is 5.32 Å². The zero-order valence-corrected chi connectivity index (χ0v) is 13.8. The minimum Gasteiger partial charge on any atom is -0.380 e. The van der Waals surface area contributed by atoms with Gasteiger partial charge in [-0.1, -0.05) is 12.1 Å². The van der Waals surface area contributed by atoms with Crippen molar-refractivity contribution in [3.8, 4) is 6.07 Å². The van der Waals surface area contributed by atoms with Crippen LogP contribution in [0.4, 0.5) is 11.4 Å². The Kier molecular flexibility index (Phi) is 4.94. The molecule has 0 heterocycles. The summed E-state index contributed by atoms with van der Waals surface area (Å²) in [4.78, 5) is 10.5. The maximum atomic E-state index is 10.9. The molecule has 0 aromatic heterocycles. The average Bonchev–Trinajstić information content (AvgIpc) is 2.46. The summed E-state index contributed by atoms with van der Waals surface area (Å²) in [5.41, 5.74) is 2.19. The third-order valence-corrected chi connectivity index (χ3v) is 4.39. The van der Waals surface area contributed by atoms with E-state index < -0.39 is 4.92 Å². The highest BCUT2D eigenvalue weighted by Gasteiger charge is 2.14. The Bertz CT molecular complexity index is 741. The molecule has 0 amide bonds. The number of hydrogen-bond donors (Lipinski definition) is 1. The van der Waals surface area contributed by atoms with E-state index in [0.29, 0.717) is 16.6 Å². The predicted octanol–water partition coefficient (Wildman–Crippen LogP) is 4.60. The van der Waals surface area contributed by atoms with Crippen molar-refractivity contribution in [1.29, 1.82) is 5.26 Å². The Morgan fingerprint density at radius 1 is 1.29 bits per heavy atom. The Morgan fingerprint density at radius 3 is 2.67 bits per heavy atom. The Labute approximate surface area is 138 Å². The van der Waals surface area contributed by atoms with Gasteiger partial charge in [0, 0.05) is 22.8 Å². The first-order chi connectivity index (χ1) is 10.0. The molecule has 0 saturated carbocycles. The monoisotopic (exact) mass is 409 g/mol. The first-order valence-electron chi connectivity index (χ1n) is 5.88. The van der Waals surface area contributed by atoms with Crippen LogP contribution in [0.15, 0.2) is 45.3 Å². The highest BCUT2D eigenvalue weighted by atomic mass is 79.9. The van der Waals surface area contributed by atoms with E-state index in [0.717, 1.165) is 15.7 Å². The van der Waals surface area contributed by atoms with Gasteiger partial charge in [0.2, 0.25) is 0 Å². The Morgan fingerprint density at radius 2 is 2.05 bits per heavy atom. The lowest BCUT2D eigenvalue weighted by Gasteiger charge is -2.10. The molecule has 0 saturated heterocycles. The van der Waals surface area contributed by atoms with E-state index in [1.54, 1.807) is 24.3 Å². The van der Waals surface area contributed by atoms with E-state index >= 15 is 0 Å². The van der Waals surface area contributed by atoms with Crippen LogP contribution in [0.2, 0.25) is 0 Å². The van der Waals surface area contributed by atoms with Crippen LogP contribution in [0.3, 0.4) is 0 Å². The highest BCUT2D eigenvalue weighted by Crippen LogP contribution is 2.30. The van der Waals surface area contributed by atoms with Gasteiger partial charge in [-0.3, -0.25) is 10.1 Å². The van der Waals surface area contributed by atoms with Gasteiger partial charge in [-0.05, 0) is 55.6 Å². The van der Waals surface area contributed by atoms with Crippen LogP contribution >= 0.6 is 31.9 Å². The van der Waals surface area contributed by atoms with E-state index in [1.165, 1.54) is 6.07 Å². The maximum absolute atomic E-state index is 10.9. The van der Waals surface area contributed by atoms with Crippen molar-refractivity contribution in [2.24, 2.45) is 0 Å². The lowest BCUT2D eigenvalue weighted by atomic mass is 10.2. The van der Waals surface area contributed by atoms with Crippen LogP contribution in [0.25, 0.3) is 0 Å². The molecule has 0 fully saturated rings. The van der Waals surface area contributed by atoms with Crippen LogP contribution in [0, 0.1) is 21.4 Å². The topological polar surface area (TPSA) is 79.0 Å². The number of nitrogens with one attached hydrogen (secondary N) is 1. The third-order valence-electron chi connectivity index (χ3n) is 2.82. The van der Waals surface area contributed by atoms with Gasteiger partial charge in [-0.15, -0.1) is 0 Å². The molecule has 0 spiro atoms. The smallest absolute Gasteiger partial charge is 0.283 e. The molecule has 0 unspecified atom stereocenters. The van der Waals surface area contributed by atoms with E-state index in [-0.39, 0.29) is 5.69 Å². The van der Waals surface area contributed by atoms with Gasteiger partial charge >= 0.3 is 0 Å². The van der Waals surface area contributed by atoms with E-state index in [1.807, 2.05) is 6.07 Å². The van der Waals surface area contributed by atoms with E-state index in [4.69, 9.17) is 5.26 Å². The fourth-order valence-electron chi connectivity index (χ4n) is 1.76. The van der Waals surface area contributed by atoms with Crippen LogP contribution in [0.5, 0.6) is 0 Å². The molecular weight excluding hydrogens is 402 g/mol. The molecule has 0 aliphatic carbocycles. The van der Waals surface area contributed by atoms with Gasteiger partial charge < -0.3 is 5.32 Å². The standard InChI is InChI=1S/C14H9Br2N3O2/c15-11-6-9(7-17)4-5-12(11)18-8-10-2-1-3-13(14(10)16)19(20)21/h1-6,18H,8H2. The first kappa shape index (κ1) is 15.5. The number of nitrogens with zero attached hydrogens (tertiary/aromatic N) is 2. The largest absolute Gasteiger partial charge is 0.380 e. The van der Waals surface area contributed by atoms with Gasteiger partial charge in [0.05, 0.1) is 16.6 Å². The summed E-state index contributed by atoms with van der Waals surface area (Å²) in [5.74, 6) is 0. The summed E-state index contributed by atoms with van der Waals surface area (Å²) in [6, 6.07) is 12.2. The van der Waals surface area contributed by atoms with Crippen molar-refractivity contribution in [3.05, 3.63) is 66.6 Å². The highest BCUT2D eigenvalue weighted by molar-refractivity contribution is 9.11. The van der Waals surface area contributed by atoms with Gasteiger partial charge in [0.25, 0.3) is 5.69 Å². The molecule has 2 rings (SSSR count). The van der Waals surface area contributed by atoms with E-state index in [2.05, 4.69) is 43.2 Å². The predicted molar refractivity (Wildman–Crippen MR) is 87.0 cm³/mol. The molecule has 21 heavy (non-hydrogen) atoms. The molecule has 7 heteroatoms. The fourth-order valence-corrected chi connectivity index (χ4v) is 2.83. The minimum absolute atomic E-state index is 0.0354. The number of benzene rings is 2. The molecule has 5 nitrogen and oxygen atoms in total. The minimum atomic E-state index is -0.425. The lowest BCUT2D eigenvalue weighted by molar-refractivity contribution is -0.385. The zero-order chi connectivity index (χ0) is 15.4. The summed E-state index contributed by atoms with van der Waals surface area (Å²) < 4.78 is 1.23. The quantitative estimate of drug-likeness (QED) is 0.589. The number of hydrogen-bond acceptors (Lipinski definition) is 4. The number of nitriles is 1. The summed E-state index contributed by atoms with van der Waals surface area (Å²) in [5, 5.41) is 22.9. The van der Waals surface area contributed by atoms with Crippen LogP contribution in [0.1, 0.15) is 11.1 Å². The normalized spacial score (nSPS) is 9.95. The zero-order valence-electron chi connectivity index (χ0n) is 10.6. The first-order valence-corrected chi connectivity index (χ1v) is 7.47. The molecular formula is C14H9Br2N3O2. The van der Waals surface area contributed by atoms with Crippen molar-refractivity contribution in [2.75, 3.05) is 5.32 Å². The molecule has 1 N–H and O–H groups in total. The summed E-state index contributed by atoms with van der Waals surface area (Å²) in [6.07, 6.45) is 0. The second-order valence-corrected chi connectivity index (χ2v) is 5.81. The van der Waals surface area contributed by atoms with E-state index in [9.17, 15) is 10.1 Å². The molecule has 0 radical (unpaired) electrons. The number of nitro groups is 1. The molecule has 106 valence electrons. The maximum Gasteiger partial charge on any atom is 0.283 e. The van der Waals surface area contributed by atoms with Gasteiger partial charge in [0.15, 0.2) is 0 Å². The number of rotatable bonds is 4. The van der Waals surface area contributed by atoms with Crippen molar-refractivity contribution >= 4 is 43.2 Å². The molecule has 0 bridgehead atoms. The molecule has 2 aromatic rings. The van der Waals surface area contributed by atoms with Crippen LogP contribution in [-0.4, -0.2) is 4.92 Å². The summed E-state index contributed by atoms with van der Waals surface area (Å²) in [7, 11) is 0. The second kappa shape index (κ2) is 6.70.